The Bertz CT molecular complexity index is 142. The summed E-state index contributed by atoms with van der Waals surface area (Å²) in [5, 5.41) is 0. The van der Waals surface area contributed by atoms with Crippen molar-refractivity contribution in [3.8, 4) is 0 Å². The molecule has 86 valence electrons. The summed E-state index contributed by atoms with van der Waals surface area (Å²) in [5.74, 6) is 0. The van der Waals surface area contributed by atoms with Gasteiger partial charge in [-0.2, -0.15) is 0 Å². The Hall–Kier alpha value is 0.0969. The van der Waals surface area contributed by atoms with E-state index < -0.39 is 9.45 Å². The zero-order valence-corrected chi connectivity index (χ0v) is 11.6. The molecule has 0 aromatic rings. The molecule has 0 unspecified atom stereocenters. The number of hydrogen-bond donors (Lipinski definition) is 0. The van der Waals surface area contributed by atoms with Gasteiger partial charge in [0.05, 0.1) is 0 Å². The Balaban J connectivity index is 4.41. The van der Waals surface area contributed by atoms with Gasteiger partial charge in [0.15, 0.2) is 0 Å². The maximum absolute atomic E-state index is 5.70. The topological polar surface area (TPSA) is 21.7 Å². The molecule has 0 atom stereocenters. The van der Waals surface area contributed by atoms with Crippen molar-refractivity contribution in [1.82, 2.24) is 4.57 Å². The molecule has 0 saturated carbocycles. The van der Waals surface area contributed by atoms with Crippen LogP contribution >= 0.6 is 0 Å². The van der Waals surface area contributed by atoms with Gasteiger partial charge in [0.1, 0.15) is 0 Å². The van der Waals surface area contributed by atoms with Crippen LogP contribution in [0.25, 0.3) is 0 Å². The van der Waals surface area contributed by atoms with E-state index in [9.17, 15) is 0 Å². The monoisotopic (exact) mass is 219 g/mol. The molecule has 0 saturated heterocycles. The molecule has 4 heteroatoms. The highest BCUT2D eigenvalue weighted by Gasteiger charge is 2.30. The lowest BCUT2D eigenvalue weighted by atomic mass is 10.1. The third-order valence-corrected chi connectivity index (χ3v) is 4.96. The number of rotatable bonds is 6. The fourth-order valence-electron chi connectivity index (χ4n) is 1.45. The van der Waals surface area contributed by atoms with Gasteiger partial charge < -0.3 is 8.85 Å². The fraction of sp³-hybridized carbons (Fsp3) is 1.00. The summed E-state index contributed by atoms with van der Waals surface area (Å²) in [5.41, 5.74) is 0.135. The smallest absolute Gasteiger partial charge is 0.385 e. The number of nitrogens with zero attached hydrogens (tertiary/aromatic N) is 1. The second-order valence-electron chi connectivity index (χ2n) is 4.17. The Labute approximate surface area is 90.3 Å². The van der Waals surface area contributed by atoms with E-state index in [-0.39, 0.29) is 5.54 Å². The van der Waals surface area contributed by atoms with Gasteiger partial charge in [0.25, 0.3) is 0 Å². The summed E-state index contributed by atoms with van der Waals surface area (Å²) in [6.45, 7) is 15.3. The van der Waals surface area contributed by atoms with Crippen LogP contribution in [0.4, 0.5) is 0 Å². The molecule has 0 aliphatic rings. The molecule has 0 heterocycles. The molecule has 0 bridgehead atoms. The van der Waals surface area contributed by atoms with E-state index >= 15 is 0 Å². The Morgan fingerprint density at radius 2 is 1.43 bits per heavy atom. The molecular formula is C10H25NO2Si. The van der Waals surface area contributed by atoms with Gasteiger partial charge in [-0.1, -0.05) is 6.92 Å². The molecule has 0 aliphatic carbocycles. The van der Waals surface area contributed by atoms with Gasteiger partial charge in [-0.3, -0.25) is 4.57 Å². The minimum absolute atomic E-state index is 0.135. The van der Waals surface area contributed by atoms with E-state index in [0.717, 1.165) is 19.8 Å². The molecule has 0 rings (SSSR count). The van der Waals surface area contributed by atoms with E-state index in [2.05, 4.69) is 32.3 Å². The van der Waals surface area contributed by atoms with Crippen LogP contribution in [0.3, 0.4) is 0 Å². The lowest BCUT2D eigenvalue weighted by Gasteiger charge is -2.38. The maximum atomic E-state index is 5.70. The van der Waals surface area contributed by atoms with Crippen LogP contribution in [0.2, 0.25) is 0 Å². The SMILES string of the molecule is CCO[SiH](OCC)N(CC)C(C)(C)C. The average Bonchev–Trinajstić information content (AvgIpc) is 2.03. The van der Waals surface area contributed by atoms with Gasteiger partial charge in [0, 0.05) is 18.8 Å². The molecule has 14 heavy (non-hydrogen) atoms. The molecule has 0 aromatic heterocycles. The molecule has 0 fully saturated rings. The highest BCUT2D eigenvalue weighted by Crippen LogP contribution is 2.15. The summed E-state index contributed by atoms with van der Waals surface area (Å²) in [6.07, 6.45) is 0. The minimum Gasteiger partial charge on any atom is -0.385 e. The first-order valence-electron chi connectivity index (χ1n) is 5.47. The summed E-state index contributed by atoms with van der Waals surface area (Å²) >= 11 is 0. The molecule has 0 spiro atoms. The first-order valence-corrected chi connectivity index (χ1v) is 6.93. The molecule has 0 amide bonds. The van der Waals surface area contributed by atoms with Crippen molar-refractivity contribution in [1.29, 1.82) is 0 Å². The number of hydrogen-bond acceptors (Lipinski definition) is 3. The van der Waals surface area contributed by atoms with Crippen LogP contribution in [-0.2, 0) is 8.85 Å². The highest BCUT2D eigenvalue weighted by atomic mass is 28.3. The normalized spacial score (nSPS) is 12.9. The molecule has 0 aromatic carbocycles. The summed E-state index contributed by atoms with van der Waals surface area (Å²) in [4.78, 5) is 0. The van der Waals surface area contributed by atoms with E-state index in [0.29, 0.717) is 0 Å². The van der Waals surface area contributed by atoms with E-state index in [1.807, 2.05) is 13.8 Å². The first kappa shape index (κ1) is 14.1. The van der Waals surface area contributed by atoms with Crippen molar-refractivity contribution < 1.29 is 8.85 Å². The first-order chi connectivity index (χ1) is 6.47. The van der Waals surface area contributed by atoms with Crippen LogP contribution in [0.1, 0.15) is 41.5 Å². The van der Waals surface area contributed by atoms with Crippen molar-refractivity contribution in [3.05, 3.63) is 0 Å². The van der Waals surface area contributed by atoms with Crippen LogP contribution in [0.5, 0.6) is 0 Å². The van der Waals surface area contributed by atoms with Crippen molar-refractivity contribution in [2.24, 2.45) is 0 Å². The molecule has 0 radical (unpaired) electrons. The highest BCUT2D eigenvalue weighted by molar-refractivity contribution is 6.41. The van der Waals surface area contributed by atoms with Crippen molar-refractivity contribution in [2.75, 3.05) is 19.8 Å². The molecule has 0 N–H and O–H groups in total. The lowest BCUT2D eigenvalue weighted by Crippen LogP contribution is -2.53. The van der Waals surface area contributed by atoms with Crippen LogP contribution in [0, 0.1) is 0 Å². The summed E-state index contributed by atoms with van der Waals surface area (Å²) < 4.78 is 13.8. The fourth-order valence-corrected chi connectivity index (χ4v) is 3.41. The molecular weight excluding hydrogens is 194 g/mol. The van der Waals surface area contributed by atoms with Gasteiger partial charge in [-0.05, 0) is 41.2 Å². The average molecular weight is 219 g/mol. The zero-order valence-electron chi connectivity index (χ0n) is 10.5. The third kappa shape index (κ3) is 4.55. The predicted molar refractivity (Wildman–Crippen MR) is 62.5 cm³/mol. The quantitative estimate of drug-likeness (QED) is 0.637. The standard InChI is InChI=1S/C10H25NO2Si/c1-7-11(10(4,5)6)14(12-8-2)13-9-3/h14H,7-9H2,1-6H3. The van der Waals surface area contributed by atoms with Crippen molar-refractivity contribution in [3.63, 3.8) is 0 Å². The zero-order chi connectivity index (χ0) is 11.2. The summed E-state index contributed by atoms with van der Waals surface area (Å²) in [6, 6.07) is 0. The van der Waals surface area contributed by atoms with E-state index in [4.69, 9.17) is 8.85 Å². The third-order valence-electron chi connectivity index (χ3n) is 2.08. The van der Waals surface area contributed by atoms with Gasteiger partial charge in [-0.25, -0.2) is 0 Å². The summed E-state index contributed by atoms with van der Waals surface area (Å²) in [7, 11) is -1.64. The largest absolute Gasteiger partial charge is 0.411 e. The minimum atomic E-state index is -1.64. The van der Waals surface area contributed by atoms with Crippen LogP contribution < -0.4 is 0 Å². The van der Waals surface area contributed by atoms with E-state index in [1.54, 1.807) is 0 Å². The van der Waals surface area contributed by atoms with Crippen molar-refractivity contribution in [2.45, 2.75) is 47.1 Å². The Morgan fingerprint density at radius 1 is 1.00 bits per heavy atom. The van der Waals surface area contributed by atoms with Crippen LogP contribution in [0.15, 0.2) is 0 Å². The van der Waals surface area contributed by atoms with Gasteiger partial charge in [-0.15, -0.1) is 0 Å². The van der Waals surface area contributed by atoms with Crippen molar-refractivity contribution >= 4 is 9.45 Å². The molecule has 3 nitrogen and oxygen atoms in total. The molecule has 0 aliphatic heterocycles. The Kier molecular flexibility index (Phi) is 6.60. The van der Waals surface area contributed by atoms with Gasteiger partial charge >= 0.3 is 9.45 Å². The van der Waals surface area contributed by atoms with E-state index in [1.165, 1.54) is 0 Å². The predicted octanol–water partition coefficient (Wildman–Crippen LogP) is 1.90. The lowest BCUT2D eigenvalue weighted by molar-refractivity contribution is 0.112. The van der Waals surface area contributed by atoms with Crippen LogP contribution in [-0.4, -0.2) is 39.3 Å². The Morgan fingerprint density at radius 3 is 1.64 bits per heavy atom. The van der Waals surface area contributed by atoms with Gasteiger partial charge in [0.2, 0.25) is 0 Å². The maximum Gasteiger partial charge on any atom is 0.411 e. The second kappa shape index (κ2) is 6.56. The second-order valence-corrected chi connectivity index (χ2v) is 6.08.